The van der Waals surface area contributed by atoms with Gasteiger partial charge in [-0.3, -0.25) is 0 Å². The van der Waals surface area contributed by atoms with Gasteiger partial charge in [-0.2, -0.15) is 0 Å². The number of halogens is 1. The van der Waals surface area contributed by atoms with Crippen LogP contribution in [-0.2, 0) is 6.54 Å². The molecule has 0 heterocycles. The fourth-order valence-electron chi connectivity index (χ4n) is 1.99. The maximum absolute atomic E-state index is 3.61. The summed E-state index contributed by atoms with van der Waals surface area (Å²) < 4.78 is 1.31. The van der Waals surface area contributed by atoms with Gasteiger partial charge in [0.2, 0.25) is 0 Å². The van der Waals surface area contributed by atoms with E-state index in [0.717, 1.165) is 12.6 Å². The molecule has 1 aliphatic rings. The van der Waals surface area contributed by atoms with E-state index in [1.807, 2.05) is 0 Å². The first-order chi connectivity index (χ1) is 6.84. The molecule has 0 amide bonds. The van der Waals surface area contributed by atoms with Gasteiger partial charge in [-0.1, -0.05) is 25.0 Å². The van der Waals surface area contributed by atoms with Crippen LogP contribution in [0.4, 0.5) is 0 Å². The fraction of sp³-hybridized carbons (Fsp3) is 0.500. The number of rotatable bonds is 3. The number of hydrogen-bond acceptors (Lipinski definition) is 1. The molecule has 1 fully saturated rings. The minimum atomic E-state index is 0.772. The molecule has 1 aromatic carbocycles. The Morgan fingerprint density at radius 3 is 2.43 bits per heavy atom. The highest BCUT2D eigenvalue weighted by molar-refractivity contribution is 14.1. The third kappa shape index (κ3) is 2.95. The average Bonchev–Trinajstić information content (AvgIpc) is 2.70. The van der Waals surface area contributed by atoms with Crippen molar-refractivity contribution < 1.29 is 0 Å². The molecule has 0 bridgehead atoms. The molecule has 2 heteroatoms. The Morgan fingerprint density at radius 1 is 1.14 bits per heavy atom. The van der Waals surface area contributed by atoms with Gasteiger partial charge in [-0.25, -0.2) is 0 Å². The van der Waals surface area contributed by atoms with E-state index in [1.54, 1.807) is 0 Å². The van der Waals surface area contributed by atoms with E-state index in [2.05, 4.69) is 52.2 Å². The van der Waals surface area contributed by atoms with Crippen LogP contribution in [0.1, 0.15) is 31.2 Å². The van der Waals surface area contributed by atoms with Crippen molar-refractivity contribution in [2.24, 2.45) is 0 Å². The molecule has 0 aliphatic heterocycles. The maximum atomic E-state index is 3.61. The van der Waals surface area contributed by atoms with Crippen molar-refractivity contribution in [3.05, 3.63) is 33.4 Å². The Morgan fingerprint density at radius 2 is 1.79 bits per heavy atom. The second kappa shape index (κ2) is 5.12. The second-order valence-electron chi connectivity index (χ2n) is 3.99. The summed E-state index contributed by atoms with van der Waals surface area (Å²) in [6.07, 6.45) is 5.55. The van der Waals surface area contributed by atoms with Crippen molar-refractivity contribution in [2.45, 2.75) is 38.3 Å². The van der Waals surface area contributed by atoms with Crippen LogP contribution >= 0.6 is 22.6 Å². The van der Waals surface area contributed by atoms with Gasteiger partial charge < -0.3 is 5.32 Å². The predicted octanol–water partition coefficient (Wildman–Crippen LogP) is 3.32. The van der Waals surface area contributed by atoms with Gasteiger partial charge in [0.25, 0.3) is 0 Å². The van der Waals surface area contributed by atoms with E-state index in [0.29, 0.717) is 0 Å². The summed E-state index contributed by atoms with van der Waals surface area (Å²) >= 11 is 2.34. The lowest BCUT2D eigenvalue weighted by Crippen LogP contribution is -2.25. The highest BCUT2D eigenvalue weighted by atomic mass is 127. The van der Waals surface area contributed by atoms with Gasteiger partial charge in [0, 0.05) is 16.2 Å². The lowest BCUT2D eigenvalue weighted by atomic mass is 10.2. The smallest absolute Gasteiger partial charge is 0.0208 e. The predicted molar refractivity (Wildman–Crippen MR) is 68.3 cm³/mol. The van der Waals surface area contributed by atoms with Crippen LogP contribution in [0.2, 0.25) is 0 Å². The Hall–Kier alpha value is -0.0900. The number of nitrogens with one attached hydrogen (secondary N) is 1. The highest BCUT2D eigenvalue weighted by Gasteiger charge is 2.13. The van der Waals surface area contributed by atoms with Crippen LogP contribution in [-0.4, -0.2) is 6.04 Å². The summed E-state index contributed by atoms with van der Waals surface area (Å²) in [6.45, 7) is 1.03. The molecule has 0 aromatic heterocycles. The van der Waals surface area contributed by atoms with Gasteiger partial charge in [-0.15, -0.1) is 0 Å². The summed E-state index contributed by atoms with van der Waals surface area (Å²) in [5, 5.41) is 3.61. The zero-order valence-corrected chi connectivity index (χ0v) is 10.5. The molecular weight excluding hydrogens is 285 g/mol. The van der Waals surface area contributed by atoms with E-state index in [1.165, 1.54) is 34.8 Å². The lowest BCUT2D eigenvalue weighted by Gasteiger charge is -2.11. The number of hydrogen-bond donors (Lipinski definition) is 1. The topological polar surface area (TPSA) is 12.0 Å². The van der Waals surface area contributed by atoms with E-state index in [4.69, 9.17) is 0 Å². The van der Waals surface area contributed by atoms with Gasteiger partial charge in [0.05, 0.1) is 0 Å². The van der Waals surface area contributed by atoms with Crippen LogP contribution < -0.4 is 5.32 Å². The molecule has 0 unspecified atom stereocenters. The minimum Gasteiger partial charge on any atom is -0.310 e. The van der Waals surface area contributed by atoms with E-state index in [9.17, 15) is 0 Å². The Labute approximate surface area is 99.4 Å². The van der Waals surface area contributed by atoms with Crippen molar-refractivity contribution in [1.29, 1.82) is 0 Å². The van der Waals surface area contributed by atoms with Crippen molar-refractivity contribution in [3.63, 3.8) is 0 Å². The molecule has 14 heavy (non-hydrogen) atoms. The monoisotopic (exact) mass is 301 g/mol. The SMILES string of the molecule is Ic1ccc(CNC2CCCC2)cc1. The number of benzene rings is 1. The molecule has 0 saturated heterocycles. The Kier molecular flexibility index (Phi) is 3.81. The van der Waals surface area contributed by atoms with Crippen LogP contribution in [0.3, 0.4) is 0 Å². The van der Waals surface area contributed by atoms with Gasteiger partial charge in [0.15, 0.2) is 0 Å². The Bertz CT molecular complexity index is 275. The van der Waals surface area contributed by atoms with E-state index >= 15 is 0 Å². The summed E-state index contributed by atoms with van der Waals surface area (Å²) in [5.74, 6) is 0. The van der Waals surface area contributed by atoms with Gasteiger partial charge >= 0.3 is 0 Å². The van der Waals surface area contributed by atoms with Crippen LogP contribution in [0, 0.1) is 3.57 Å². The molecule has 0 spiro atoms. The standard InChI is InChI=1S/C12H16IN/c13-11-7-5-10(6-8-11)9-14-12-3-1-2-4-12/h5-8,12,14H,1-4,9H2. The molecule has 1 N–H and O–H groups in total. The average molecular weight is 301 g/mol. The van der Waals surface area contributed by atoms with Gasteiger partial charge in [0.1, 0.15) is 0 Å². The summed E-state index contributed by atoms with van der Waals surface area (Å²) in [5.41, 5.74) is 1.40. The molecule has 1 aromatic rings. The molecule has 0 atom stereocenters. The summed E-state index contributed by atoms with van der Waals surface area (Å²) in [6, 6.07) is 9.54. The first-order valence-corrected chi connectivity index (χ1v) is 6.40. The van der Waals surface area contributed by atoms with Crippen molar-refractivity contribution >= 4 is 22.6 Å². The second-order valence-corrected chi connectivity index (χ2v) is 5.23. The van der Waals surface area contributed by atoms with Crippen molar-refractivity contribution in [2.75, 3.05) is 0 Å². The lowest BCUT2D eigenvalue weighted by molar-refractivity contribution is 0.524. The quantitative estimate of drug-likeness (QED) is 0.845. The first kappa shape index (κ1) is 10.4. The van der Waals surface area contributed by atoms with Crippen molar-refractivity contribution in [1.82, 2.24) is 5.32 Å². The summed E-state index contributed by atoms with van der Waals surface area (Å²) in [7, 11) is 0. The van der Waals surface area contributed by atoms with Gasteiger partial charge in [-0.05, 0) is 53.1 Å². The third-order valence-corrected chi connectivity index (χ3v) is 3.58. The molecule has 76 valence electrons. The zero-order valence-electron chi connectivity index (χ0n) is 8.30. The normalized spacial score (nSPS) is 17.5. The molecule has 0 radical (unpaired) electrons. The minimum absolute atomic E-state index is 0.772. The molecule has 2 rings (SSSR count). The highest BCUT2D eigenvalue weighted by Crippen LogP contribution is 2.18. The van der Waals surface area contributed by atoms with E-state index < -0.39 is 0 Å². The van der Waals surface area contributed by atoms with Crippen LogP contribution in [0.15, 0.2) is 24.3 Å². The van der Waals surface area contributed by atoms with Crippen LogP contribution in [0.25, 0.3) is 0 Å². The molecule has 1 saturated carbocycles. The van der Waals surface area contributed by atoms with Crippen LogP contribution in [0.5, 0.6) is 0 Å². The first-order valence-electron chi connectivity index (χ1n) is 5.32. The molecule has 1 nitrogen and oxygen atoms in total. The fourth-order valence-corrected chi connectivity index (χ4v) is 2.35. The zero-order chi connectivity index (χ0) is 9.80. The largest absolute Gasteiger partial charge is 0.310 e. The van der Waals surface area contributed by atoms with Crippen molar-refractivity contribution in [3.8, 4) is 0 Å². The third-order valence-electron chi connectivity index (χ3n) is 2.86. The molecule has 1 aliphatic carbocycles. The maximum Gasteiger partial charge on any atom is 0.0208 e. The Balaban J connectivity index is 1.82. The summed E-state index contributed by atoms with van der Waals surface area (Å²) in [4.78, 5) is 0. The van der Waals surface area contributed by atoms with E-state index in [-0.39, 0.29) is 0 Å². The molecular formula is C12H16IN.